The number of fused-ring (bicyclic) bond motifs is 1. The van der Waals surface area contributed by atoms with Crippen LogP contribution in [0, 0.1) is 0 Å². The fourth-order valence-electron chi connectivity index (χ4n) is 2.74. The number of hydrogen-bond acceptors (Lipinski definition) is 2. The standard InChI is InChI=1S/C14H21NO/c1-3-9-15(2)14-6-4-5-11-10-12(16)7-8-13(11)14/h7-8,10,14,16H,3-6,9H2,1-2H3. The van der Waals surface area contributed by atoms with Crippen LogP contribution in [0.2, 0.25) is 0 Å². The van der Waals surface area contributed by atoms with Crippen LogP contribution in [0.15, 0.2) is 18.2 Å². The maximum Gasteiger partial charge on any atom is 0.115 e. The zero-order valence-corrected chi connectivity index (χ0v) is 10.2. The molecule has 0 heterocycles. The number of aromatic hydroxyl groups is 1. The summed E-state index contributed by atoms with van der Waals surface area (Å²) in [5.41, 5.74) is 2.75. The molecule has 1 aromatic rings. The Morgan fingerprint density at radius 2 is 2.25 bits per heavy atom. The van der Waals surface area contributed by atoms with Gasteiger partial charge in [0.25, 0.3) is 0 Å². The SMILES string of the molecule is CCCN(C)C1CCCc2cc(O)ccc21. The Hall–Kier alpha value is -1.02. The molecule has 0 aromatic heterocycles. The van der Waals surface area contributed by atoms with E-state index in [1.807, 2.05) is 12.1 Å². The number of hydrogen-bond donors (Lipinski definition) is 1. The summed E-state index contributed by atoms with van der Waals surface area (Å²) >= 11 is 0. The van der Waals surface area contributed by atoms with Crippen molar-refractivity contribution in [3.8, 4) is 5.75 Å². The molecule has 0 fully saturated rings. The maximum atomic E-state index is 9.50. The lowest BCUT2D eigenvalue weighted by atomic mass is 9.87. The summed E-state index contributed by atoms with van der Waals surface area (Å²) in [5, 5.41) is 9.50. The van der Waals surface area contributed by atoms with E-state index in [-0.39, 0.29) is 0 Å². The van der Waals surface area contributed by atoms with Crippen LogP contribution in [0.4, 0.5) is 0 Å². The Labute approximate surface area is 97.9 Å². The molecule has 16 heavy (non-hydrogen) atoms. The highest BCUT2D eigenvalue weighted by atomic mass is 16.3. The number of nitrogens with zero attached hydrogens (tertiary/aromatic N) is 1. The van der Waals surface area contributed by atoms with Gasteiger partial charge in [0.1, 0.15) is 5.75 Å². The largest absolute Gasteiger partial charge is 0.508 e. The first-order chi connectivity index (χ1) is 7.72. The van der Waals surface area contributed by atoms with Crippen molar-refractivity contribution in [3.05, 3.63) is 29.3 Å². The van der Waals surface area contributed by atoms with Crippen LogP contribution in [0.1, 0.15) is 43.4 Å². The topological polar surface area (TPSA) is 23.5 Å². The van der Waals surface area contributed by atoms with E-state index in [0.29, 0.717) is 11.8 Å². The van der Waals surface area contributed by atoms with Crippen molar-refractivity contribution in [1.82, 2.24) is 4.90 Å². The average Bonchev–Trinajstić information content (AvgIpc) is 2.28. The third kappa shape index (κ3) is 2.22. The van der Waals surface area contributed by atoms with Gasteiger partial charge in [-0.1, -0.05) is 13.0 Å². The third-order valence-corrected chi connectivity index (χ3v) is 3.52. The number of phenolic OH excluding ortho intramolecular Hbond substituents is 1. The molecule has 1 aliphatic rings. The normalized spacial score (nSPS) is 19.8. The van der Waals surface area contributed by atoms with E-state index in [2.05, 4.69) is 24.9 Å². The molecule has 2 rings (SSSR count). The van der Waals surface area contributed by atoms with E-state index in [9.17, 15) is 5.11 Å². The van der Waals surface area contributed by atoms with Gasteiger partial charge in [-0.3, -0.25) is 4.90 Å². The summed E-state index contributed by atoms with van der Waals surface area (Å²) in [5.74, 6) is 0.401. The van der Waals surface area contributed by atoms with Gasteiger partial charge < -0.3 is 5.11 Å². The van der Waals surface area contributed by atoms with Crippen molar-refractivity contribution in [1.29, 1.82) is 0 Å². The van der Waals surface area contributed by atoms with Gasteiger partial charge >= 0.3 is 0 Å². The van der Waals surface area contributed by atoms with E-state index in [1.165, 1.54) is 30.4 Å². The number of benzene rings is 1. The van der Waals surface area contributed by atoms with Crippen molar-refractivity contribution in [2.45, 2.75) is 38.6 Å². The molecule has 0 spiro atoms. The molecule has 1 N–H and O–H groups in total. The maximum absolute atomic E-state index is 9.50. The van der Waals surface area contributed by atoms with Crippen molar-refractivity contribution in [2.75, 3.05) is 13.6 Å². The summed E-state index contributed by atoms with van der Waals surface area (Å²) in [6, 6.07) is 6.39. The summed E-state index contributed by atoms with van der Waals surface area (Å²) in [6.07, 6.45) is 4.78. The van der Waals surface area contributed by atoms with Gasteiger partial charge in [0.05, 0.1) is 0 Å². The molecular weight excluding hydrogens is 198 g/mol. The van der Waals surface area contributed by atoms with Crippen molar-refractivity contribution in [2.24, 2.45) is 0 Å². The van der Waals surface area contributed by atoms with Crippen LogP contribution in [0.25, 0.3) is 0 Å². The Kier molecular flexibility index (Phi) is 3.49. The molecule has 1 atom stereocenters. The first kappa shape index (κ1) is 11.5. The molecule has 0 aliphatic heterocycles. The minimum absolute atomic E-state index is 0.401. The molecule has 0 bridgehead atoms. The van der Waals surface area contributed by atoms with Gasteiger partial charge in [-0.25, -0.2) is 0 Å². The molecular formula is C14H21NO. The minimum Gasteiger partial charge on any atom is -0.508 e. The van der Waals surface area contributed by atoms with Crippen LogP contribution >= 0.6 is 0 Å². The van der Waals surface area contributed by atoms with Crippen molar-refractivity contribution < 1.29 is 5.11 Å². The number of aryl methyl sites for hydroxylation is 1. The predicted octanol–water partition coefficient (Wildman–Crippen LogP) is 3.11. The summed E-state index contributed by atoms with van der Waals surface area (Å²) in [6.45, 7) is 3.36. The highest BCUT2D eigenvalue weighted by Crippen LogP contribution is 2.35. The lowest BCUT2D eigenvalue weighted by molar-refractivity contribution is 0.221. The van der Waals surface area contributed by atoms with Crippen LogP contribution in [-0.4, -0.2) is 23.6 Å². The second kappa shape index (κ2) is 4.88. The van der Waals surface area contributed by atoms with Gasteiger partial charge in [0, 0.05) is 6.04 Å². The fraction of sp³-hybridized carbons (Fsp3) is 0.571. The first-order valence-electron chi connectivity index (χ1n) is 6.24. The summed E-state index contributed by atoms with van der Waals surface area (Å²) in [4.78, 5) is 2.44. The van der Waals surface area contributed by atoms with Gasteiger partial charge in [-0.15, -0.1) is 0 Å². The second-order valence-corrected chi connectivity index (χ2v) is 4.77. The van der Waals surface area contributed by atoms with Gasteiger partial charge in [-0.05, 0) is 62.5 Å². The smallest absolute Gasteiger partial charge is 0.115 e. The lowest BCUT2D eigenvalue weighted by Crippen LogP contribution is -2.28. The summed E-state index contributed by atoms with van der Waals surface area (Å²) < 4.78 is 0. The van der Waals surface area contributed by atoms with Crippen LogP contribution < -0.4 is 0 Å². The molecule has 0 radical (unpaired) electrons. The first-order valence-corrected chi connectivity index (χ1v) is 6.24. The molecule has 2 heteroatoms. The number of phenols is 1. The van der Waals surface area contributed by atoms with E-state index in [0.717, 1.165) is 13.0 Å². The molecule has 1 aliphatic carbocycles. The lowest BCUT2D eigenvalue weighted by Gasteiger charge is -2.33. The quantitative estimate of drug-likeness (QED) is 0.844. The molecule has 1 aromatic carbocycles. The molecule has 0 amide bonds. The highest BCUT2D eigenvalue weighted by Gasteiger charge is 2.23. The molecule has 1 unspecified atom stereocenters. The van der Waals surface area contributed by atoms with Crippen molar-refractivity contribution in [3.63, 3.8) is 0 Å². The fourth-order valence-corrected chi connectivity index (χ4v) is 2.74. The van der Waals surface area contributed by atoms with E-state index >= 15 is 0 Å². The Balaban J connectivity index is 2.25. The van der Waals surface area contributed by atoms with Gasteiger partial charge in [-0.2, -0.15) is 0 Å². The minimum atomic E-state index is 0.401. The van der Waals surface area contributed by atoms with Crippen molar-refractivity contribution >= 4 is 0 Å². The molecule has 0 saturated heterocycles. The van der Waals surface area contributed by atoms with E-state index in [4.69, 9.17) is 0 Å². The Morgan fingerprint density at radius 3 is 3.00 bits per heavy atom. The third-order valence-electron chi connectivity index (χ3n) is 3.52. The van der Waals surface area contributed by atoms with Gasteiger partial charge in [0.15, 0.2) is 0 Å². The second-order valence-electron chi connectivity index (χ2n) is 4.77. The van der Waals surface area contributed by atoms with Crippen LogP contribution in [0.5, 0.6) is 5.75 Å². The molecule has 88 valence electrons. The van der Waals surface area contributed by atoms with Crippen LogP contribution in [0.3, 0.4) is 0 Å². The van der Waals surface area contributed by atoms with Gasteiger partial charge in [0.2, 0.25) is 0 Å². The monoisotopic (exact) mass is 219 g/mol. The predicted molar refractivity (Wildman–Crippen MR) is 66.7 cm³/mol. The highest BCUT2D eigenvalue weighted by molar-refractivity contribution is 5.38. The molecule has 0 saturated carbocycles. The average molecular weight is 219 g/mol. The van der Waals surface area contributed by atoms with E-state index in [1.54, 1.807) is 0 Å². The Bertz CT molecular complexity index is 362. The summed E-state index contributed by atoms with van der Waals surface area (Å²) in [7, 11) is 2.20. The number of rotatable bonds is 3. The Morgan fingerprint density at radius 1 is 1.44 bits per heavy atom. The zero-order chi connectivity index (χ0) is 11.5. The zero-order valence-electron chi connectivity index (χ0n) is 10.2. The molecule has 2 nitrogen and oxygen atoms in total. The van der Waals surface area contributed by atoms with E-state index < -0.39 is 0 Å². The van der Waals surface area contributed by atoms with Crippen LogP contribution in [-0.2, 0) is 6.42 Å².